The third-order valence-electron chi connectivity index (χ3n) is 5.43. The SMILES string of the molecule is CC[C@H](Nc1c(Nc2ccc(Cl)c3c2C(=O)NC3(C)C)c(=O)c1=O)c1ccc(C)o1. The number of fused-ring (bicyclic) bond motifs is 1. The maximum absolute atomic E-state index is 12.6. The van der Waals surface area contributed by atoms with Crippen LogP contribution in [0.15, 0.2) is 38.3 Å². The van der Waals surface area contributed by atoms with Crippen molar-refractivity contribution in [3.05, 3.63) is 72.4 Å². The lowest BCUT2D eigenvalue weighted by molar-refractivity contribution is 0.0941. The van der Waals surface area contributed by atoms with Crippen LogP contribution in [0.3, 0.4) is 0 Å². The predicted octanol–water partition coefficient (Wildman–Crippen LogP) is 4.12. The van der Waals surface area contributed by atoms with Crippen molar-refractivity contribution in [1.82, 2.24) is 5.32 Å². The summed E-state index contributed by atoms with van der Waals surface area (Å²) in [5.74, 6) is 1.16. The number of amides is 1. The summed E-state index contributed by atoms with van der Waals surface area (Å²) in [6.07, 6.45) is 0.651. The van der Waals surface area contributed by atoms with Gasteiger partial charge >= 0.3 is 0 Å². The lowest BCUT2D eigenvalue weighted by Gasteiger charge is -2.22. The number of carbonyl (C=O) groups is 1. The van der Waals surface area contributed by atoms with Crippen LogP contribution in [0.25, 0.3) is 0 Å². The Kier molecular flexibility index (Phi) is 4.73. The molecule has 2 heterocycles. The number of carbonyl (C=O) groups excluding carboxylic acids is 1. The minimum Gasteiger partial charge on any atom is -0.464 e. The van der Waals surface area contributed by atoms with E-state index in [4.69, 9.17) is 16.0 Å². The van der Waals surface area contributed by atoms with E-state index in [-0.39, 0.29) is 23.3 Å². The van der Waals surface area contributed by atoms with E-state index in [1.807, 2.05) is 39.8 Å². The van der Waals surface area contributed by atoms with Crippen molar-refractivity contribution in [2.45, 2.75) is 45.7 Å². The Hall–Kier alpha value is -3.06. The van der Waals surface area contributed by atoms with E-state index in [1.165, 1.54) is 0 Å². The van der Waals surface area contributed by atoms with Crippen LogP contribution in [0.2, 0.25) is 5.02 Å². The van der Waals surface area contributed by atoms with Gasteiger partial charge in [-0.05, 0) is 51.5 Å². The van der Waals surface area contributed by atoms with Crippen molar-refractivity contribution in [1.29, 1.82) is 0 Å². The number of benzene rings is 1. The van der Waals surface area contributed by atoms with Crippen LogP contribution in [0.5, 0.6) is 0 Å². The lowest BCUT2D eigenvalue weighted by Crippen LogP contribution is -2.37. The van der Waals surface area contributed by atoms with Crippen LogP contribution < -0.4 is 26.8 Å². The van der Waals surface area contributed by atoms with E-state index in [1.54, 1.807) is 12.1 Å². The maximum Gasteiger partial charge on any atom is 0.254 e. The van der Waals surface area contributed by atoms with E-state index in [0.29, 0.717) is 34.0 Å². The molecule has 0 bridgehead atoms. The maximum atomic E-state index is 12.6. The number of aryl methyl sites for hydroxylation is 1. The van der Waals surface area contributed by atoms with Gasteiger partial charge in [-0.1, -0.05) is 18.5 Å². The minimum atomic E-state index is -0.638. The van der Waals surface area contributed by atoms with Crippen LogP contribution in [-0.4, -0.2) is 5.91 Å². The third kappa shape index (κ3) is 3.10. The van der Waals surface area contributed by atoms with Crippen LogP contribution in [0.4, 0.5) is 17.1 Å². The molecular weight excluding hydrogens is 406 g/mol. The highest BCUT2D eigenvalue weighted by Gasteiger charge is 2.39. The summed E-state index contributed by atoms with van der Waals surface area (Å²) in [6.45, 7) is 7.50. The summed E-state index contributed by atoms with van der Waals surface area (Å²) in [6, 6.07) is 6.73. The Morgan fingerprint density at radius 3 is 2.43 bits per heavy atom. The molecule has 4 rings (SSSR count). The Morgan fingerprint density at radius 2 is 1.80 bits per heavy atom. The highest BCUT2D eigenvalue weighted by Crippen LogP contribution is 2.41. The molecule has 1 aliphatic rings. The lowest BCUT2D eigenvalue weighted by atomic mass is 9.93. The van der Waals surface area contributed by atoms with Crippen molar-refractivity contribution >= 4 is 34.6 Å². The molecule has 3 N–H and O–H groups in total. The first-order chi connectivity index (χ1) is 14.1. The van der Waals surface area contributed by atoms with Crippen LogP contribution in [-0.2, 0) is 5.54 Å². The van der Waals surface area contributed by atoms with Crippen LogP contribution in [0, 0.1) is 6.92 Å². The van der Waals surface area contributed by atoms with Crippen LogP contribution in [0.1, 0.15) is 60.7 Å². The van der Waals surface area contributed by atoms with Gasteiger partial charge in [0.1, 0.15) is 22.9 Å². The predicted molar refractivity (Wildman–Crippen MR) is 117 cm³/mol. The number of halogens is 1. The summed E-state index contributed by atoms with van der Waals surface area (Å²) in [7, 11) is 0. The monoisotopic (exact) mass is 427 g/mol. The Bertz CT molecular complexity index is 1230. The van der Waals surface area contributed by atoms with Gasteiger partial charge < -0.3 is 20.4 Å². The second-order valence-corrected chi connectivity index (χ2v) is 8.42. The molecule has 1 atom stereocenters. The van der Waals surface area contributed by atoms with Gasteiger partial charge in [-0.3, -0.25) is 14.4 Å². The molecule has 7 nitrogen and oxygen atoms in total. The molecule has 0 saturated carbocycles. The Balaban J connectivity index is 1.70. The summed E-state index contributed by atoms with van der Waals surface area (Å²) >= 11 is 6.34. The average Bonchev–Trinajstić information content (AvgIpc) is 3.23. The number of rotatable bonds is 6. The van der Waals surface area contributed by atoms with Crippen molar-refractivity contribution in [3.8, 4) is 0 Å². The highest BCUT2D eigenvalue weighted by atomic mass is 35.5. The van der Waals surface area contributed by atoms with Gasteiger partial charge in [-0.2, -0.15) is 0 Å². The fourth-order valence-electron chi connectivity index (χ4n) is 3.91. The molecule has 2 aromatic carbocycles. The molecule has 0 fully saturated rings. The van der Waals surface area contributed by atoms with E-state index < -0.39 is 16.4 Å². The summed E-state index contributed by atoms with van der Waals surface area (Å²) in [5, 5.41) is 9.45. The van der Waals surface area contributed by atoms with Gasteiger partial charge in [0.05, 0.1) is 22.8 Å². The van der Waals surface area contributed by atoms with E-state index >= 15 is 0 Å². The van der Waals surface area contributed by atoms with Crippen molar-refractivity contribution < 1.29 is 9.21 Å². The van der Waals surface area contributed by atoms with Crippen molar-refractivity contribution in [3.63, 3.8) is 0 Å². The quantitative estimate of drug-likeness (QED) is 0.511. The van der Waals surface area contributed by atoms with Gasteiger partial charge in [0, 0.05) is 10.6 Å². The van der Waals surface area contributed by atoms with E-state index in [2.05, 4.69) is 16.0 Å². The van der Waals surface area contributed by atoms with Crippen molar-refractivity contribution in [2.24, 2.45) is 0 Å². The molecule has 30 heavy (non-hydrogen) atoms. The second-order valence-electron chi connectivity index (χ2n) is 8.01. The molecule has 1 amide bonds. The molecule has 3 aromatic rings. The third-order valence-corrected chi connectivity index (χ3v) is 5.75. The summed E-state index contributed by atoms with van der Waals surface area (Å²) in [4.78, 5) is 37.1. The second kappa shape index (κ2) is 7.02. The number of hydrogen-bond donors (Lipinski definition) is 3. The number of anilines is 3. The number of hydrogen-bond acceptors (Lipinski definition) is 6. The Morgan fingerprint density at radius 1 is 1.10 bits per heavy atom. The standard InChI is InChI=1S/C22H22ClN3O4/c1-5-12(14-9-6-10(2)30-14)24-17-18(20(28)19(17)27)25-13-8-7-11(23)16-15(13)21(29)26-22(16,3)4/h6-9,12,24-25H,5H2,1-4H3,(H,26,29)/t12-/m0/s1. The molecule has 0 spiro atoms. The van der Waals surface area contributed by atoms with E-state index in [0.717, 1.165) is 5.76 Å². The topological polar surface area (TPSA) is 100 Å². The van der Waals surface area contributed by atoms with Crippen molar-refractivity contribution in [2.75, 3.05) is 10.6 Å². The first kappa shape index (κ1) is 20.2. The summed E-state index contributed by atoms with van der Waals surface area (Å²) in [5.41, 5.74) is -0.106. The van der Waals surface area contributed by atoms with Gasteiger partial charge in [0.25, 0.3) is 16.8 Å². The molecule has 0 saturated heterocycles. The number of nitrogens with one attached hydrogen (secondary N) is 3. The molecule has 0 unspecified atom stereocenters. The van der Waals surface area contributed by atoms with Crippen LogP contribution >= 0.6 is 11.6 Å². The molecule has 1 aromatic heterocycles. The fraction of sp³-hybridized carbons (Fsp3) is 0.318. The molecule has 1 aliphatic heterocycles. The largest absolute Gasteiger partial charge is 0.464 e. The average molecular weight is 428 g/mol. The molecule has 0 aliphatic carbocycles. The molecule has 156 valence electrons. The zero-order chi connectivity index (χ0) is 21.8. The highest BCUT2D eigenvalue weighted by molar-refractivity contribution is 6.32. The van der Waals surface area contributed by atoms with E-state index in [9.17, 15) is 14.4 Å². The zero-order valence-electron chi connectivity index (χ0n) is 17.1. The van der Waals surface area contributed by atoms with Gasteiger partial charge in [0.2, 0.25) is 0 Å². The molecule has 0 radical (unpaired) electrons. The first-order valence-electron chi connectivity index (χ1n) is 9.72. The van der Waals surface area contributed by atoms with Gasteiger partial charge in [-0.25, -0.2) is 0 Å². The zero-order valence-corrected chi connectivity index (χ0v) is 17.9. The summed E-state index contributed by atoms with van der Waals surface area (Å²) < 4.78 is 5.66. The fourth-order valence-corrected chi connectivity index (χ4v) is 4.30. The Labute approximate surface area is 178 Å². The number of furan rings is 1. The molecule has 8 heteroatoms. The van der Waals surface area contributed by atoms with Gasteiger partial charge in [-0.15, -0.1) is 0 Å². The smallest absolute Gasteiger partial charge is 0.254 e. The minimum absolute atomic E-state index is 0.128. The first-order valence-corrected chi connectivity index (χ1v) is 10.1. The van der Waals surface area contributed by atoms with Gasteiger partial charge in [0.15, 0.2) is 0 Å². The molecular formula is C22H22ClN3O4. The normalized spacial score (nSPS) is 15.7.